The standard InChI is InChI=1S/C24H17N3O3S/c28-21-11-12-22(29)27(21)18-8-4-5-15(14-18)23(30)25-17-7-3-6-16(13-17)24-26-19-9-1-2-10-20(19)31-24/h1-10,13-14H,11-12H2,(H,25,30). The Morgan fingerprint density at radius 1 is 0.903 bits per heavy atom. The maximum absolute atomic E-state index is 12.8. The van der Waals surface area contributed by atoms with E-state index in [1.54, 1.807) is 35.6 Å². The highest BCUT2D eigenvalue weighted by Crippen LogP contribution is 2.31. The Morgan fingerprint density at radius 2 is 1.68 bits per heavy atom. The predicted molar refractivity (Wildman–Crippen MR) is 121 cm³/mol. The SMILES string of the molecule is O=C(Nc1cccc(-c2nc3ccccc3s2)c1)c1cccc(N2C(=O)CCC2=O)c1. The third-order valence-electron chi connectivity index (χ3n) is 5.08. The number of fused-ring (bicyclic) bond motifs is 1. The molecular formula is C24H17N3O3S. The number of amides is 3. The van der Waals surface area contributed by atoms with Crippen LogP contribution in [-0.4, -0.2) is 22.7 Å². The first kappa shape index (κ1) is 19.1. The van der Waals surface area contributed by atoms with Crippen molar-refractivity contribution in [3.63, 3.8) is 0 Å². The number of anilines is 2. The molecule has 0 bridgehead atoms. The van der Waals surface area contributed by atoms with E-state index in [0.717, 1.165) is 25.7 Å². The van der Waals surface area contributed by atoms with Crippen molar-refractivity contribution in [2.45, 2.75) is 12.8 Å². The lowest BCUT2D eigenvalue weighted by Crippen LogP contribution is -2.28. The average Bonchev–Trinajstić information content (AvgIpc) is 3.37. The van der Waals surface area contributed by atoms with Gasteiger partial charge in [-0.1, -0.05) is 30.3 Å². The number of aromatic nitrogens is 1. The number of thiazole rings is 1. The van der Waals surface area contributed by atoms with E-state index in [1.807, 2.05) is 48.5 Å². The molecule has 0 unspecified atom stereocenters. The second-order valence-corrected chi connectivity index (χ2v) is 8.23. The topological polar surface area (TPSA) is 79.4 Å². The largest absolute Gasteiger partial charge is 0.322 e. The Bertz CT molecular complexity index is 1300. The molecule has 0 spiro atoms. The van der Waals surface area contributed by atoms with Crippen LogP contribution >= 0.6 is 11.3 Å². The van der Waals surface area contributed by atoms with Gasteiger partial charge in [0.15, 0.2) is 0 Å². The first-order valence-electron chi connectivity index (χ1n) is 9.82. The predicted octanol–water partition coefficient (Wildman–Crippen LogP) is 4.87. The molecule has 1 fully saturated rings. The fourth-order valence-corrected chi connectivity index (χ4v) is 4.54. The maximum atomic E-state index is 12.8. The number of hydrogen-bond donors (Lipinski definition) is 1. The summed E-state index contributed by atoms with van der Waals surface area (Å²) < 4.78 is 1.11. The molecule has 1 aliphatic heterocycles. The summed E-state index contributed by atoms with van der Waals surface area (Å²) in [6, 6.07) is 22.0. The fraction of sp³-hybridized carbons (Fsp3) is 0.0833. The Labute approximate surface area is 182 Å². The number of nitrogens with zero attached hydrogens (tertiary/aromatic N) is 2. The van der Waals surface area contributed by atoms with Crippen molar-refractivity contribution in [1.29, 1.82) is 0 Å². The Kier molecular flexibility index (Phi) is 4.80. The van der Waals surface area contributed by atoms with Crippen LogP contribution in [-0.2, 0) is 9.59 Å². The number of nitrogens with one attached hydrogen (secondary N) is 1. The monoisotopic (exact) mass is 427 g/mol. The zero-order valence-corrected chi connectivity index (χ0v) is 17.2. The zero-order chi connectivity index (χ0) is 21.4. The van der Waals surface area contributed by atoms with E-state index >= 15 is 0 Å². The molecule has 2 heterocycles. The van der Waals surface area contributed by atoms with E-state index in [0.29, 0.717) is 16.9 Å². The first-order chi connectivity index (χ1) is 15.1. The number of hydrogen-bond acceptors (Lipinski definition) is 5. The second-order valence-electron chi connectivity index (χ2n) is 7.19. The quantitative estimate of drug-likeness (QED) is 0.471. The maximum Gasteiger partial charge on any atom is 0.255 e. The molecule has 3 aromatic carbocycles. The van der Waals surface area contributed by atoms with E-state index in [1.165, 1.54) is 0 Å². The van der Waals surface area contributed by atoms with Crippen LogP contribution in [0.15, 0.2) is 72.8 Å². The van der Waals surface area contributed by atoms with Gasteiger partial charge in [0.05, 0.1) is 15.9 Å². The van der Waals surface area contributed by atoms with Crippen LogP contribution in [0.1, 0.15) is 23.2 Å². The molecule has 4 aromatic rings. The van der Waals surface area contributed by atoms with Gasteiger partial charge in [0, 0.05) is 29.7 Å². The fourth-order valence-electron chi connectivity index (χ4n) is 3.58. The van der Waals surface area contributed by atoms with Gasteiger partial charge in [0.1, 0.15) is 5.01 Å². The molecule has 0 radical (unpaired) electrons. The van der Waals surface area contributed by atoms with Crippen molar-refractivity contribution in [2.24, 2.45) is 0 Å². The van der Waals surface area contributed by atoms with Gasteiger partial charge in [-0.3, -0.25) is 19.3 Å². The number of benzene rings is 3. The van der Waals surface area contributed by atoms with Crippen molar-refractivity contribution >= 4 is 50.6 Å². The number of para-hydroxylation sites is 1. The van der Waals surface area contributed by atoms with E-state index in [2.05, 4.69) is 10.3 Å². The summed E-state index contributed by atoms with van der Waals surface area (Å²) in [5, 5.41) is 3.77. The average molecular weight is 427 g/mol. The van der Waals surface area contributed by atoms with E-state index < -0.39 is 0 Å². The minimum absolute atomic E-state index is 0.202. The molecule has 0 saturated carbocycles. The molecule has 152 valence electrons. The molecule has 0 aliphatic carbocycles. The summed E-state index contributed by atoms with van der Waals surface area (Å²) in [6.07, 6.45) is 0.404. The smallest absolute Gasteiger partial charge is 0.255 e. The third kappa shape index (κ3) is 3.71. The lowest BCUT2D eigenvalue weighted by atomic mass is 10.1. The van der Waals surface area contributed by atoms with Gasteiger partial charge in [-0.2, -0.15) is 0 Å². The zero-order valence-electron chi connectivity index (χ0n) is 16.4. The number of carbonyl (C=O) groups excluding carboxylic acids is 3. The molecule has 1 saturated heterocycles. The highest BCUT2D eigenvalue weighted by atomic mass is 32.1. The van der Waals surface area contributed by atoms with Crippen molar-refractivity contribution < 1.29 is 14.4 Å². The summed E-state index contributed by atoms with van der Waals surface area (Å²) in [7, 11) is 0. The first-order valence-corrected chi connectivity index (χ1v) is 10.6. The van der Waals surface area contributed by atoms with Crippen molar-refractivity contribution in [3.05, 3.63) is 78.4 Å². The highest BCUT2D eigenvalue weighted by molar-refractivity contribution is 7.21. The summed E-state index contributed by atoms with van der Waals surface area (Å²) in [6.45, 7) is 0. The van der Waals surface area contributed by atoms with Crippen molar-refractivity contribution in [2.75, 3.05) is 10.2 Å². The second kappa shape index (κ2) is 7.77. The molecule has 3 amide bonds. The van der Waals surface area contributed by atoms with Gasteiger partial charge in [0.2, 0.25) is 11.8 Å². The van der Waals surface area contributed by atoms with Crippen LogP contribution in [0.5, 0.6) is 0 Å². The molecule has 1 aliphatic rings. The number of carbonyl (C=O) groups is 3. The van der Waals surface area contributed by atoms with Gasteiger partial charge in [-0.05, 0) is 42.5 Å². The van der Waals surface area contributed by atoms with Crippen LogP contribution in [0.2, 0.25) is 0 Å². The molecule has 1 aromatic heterocycles. The van der Waals surface area contributed by atoms with Crippen LogP contribution in [0.4, 0.5) is 11.4 Å². The van der Waals surface area contributed by atoms with Gasteiger partial charge in [-0.25, -0.2) is 4.98 Å². The van der Waals surface area contributed by atoms with Crippen LogP contribution in [0, 0.1) is 0 Å². The summed E-state index contributed by atoms with van der Waals surface area (Å²) in [5.74, 6) is -0.806. The minimum atomic E-state index is -0.317. The minimum Gasteiger partial charge on any atom is -0.322 e. The summed E-state index contributed by atoms with van der Waals surface area (Å²) in [4.78, 5) is 42.6. The molecular weight excluding hydrogens is 410 g/mol. The van der Waals surface area contributed by atoms with Gasteiger partial charge >= 0.3 is 0 Å². The van der Waals surface area contributed by atoms with Crippen molar-refractivity contribution in [3.8, 4) is 10.6 Å². The van der Waals surface area contributed by atoms with Crippen LogP contribution in [0.3, 0.4) is 0 Å². The number of imide groups is 1. The van der Waals surface area contributed by atoms with Crippen molar-refractivity contribution in [1.82, 2.24) is 4.98 Å². The van der Waals surface area contributed by atoms with E-state index in [4.69, 9.17) is 0 Å². The normalized spacial score (nSPS) is 13.7. The van der Waals surface area contributed by atoms with Gasteiger partial charge in [0.25, 0.3) is 5.91 Å². The molecule has 1 N–H and O–H groups in total. The lowest BCUT2D eigenvalue weighted by molar-refractivity contribution is -0.121. The molecule has 31 heavy (non-hydrogen) atoms. The Morgan fingerprint density at radius 3 is 2.48 bits per heavy atom. The Hall–Kier alpha value is -3.84. The Balaban J connectivity index is 1.39. The van der Waals surface area contributed by atoms with Gasteiger partial charge in [-0.15, -0.1) is 11.3 Å². The van der Waals surface area contributed by atoms with E-state index in [9.17, 15) is 14.4 Å². The summed E-state index contributed by atoms with van der Waals surface area (Å²) in [5.41, 5.74) is 3.29. The highest BCUT2D eigenvalue weighted by Gasteiger charge is 2.30. The molecule has 7 heteroatoms. The van der Waals surface area contributed by atoms with Crippen LogP contribution in [0.25, 0.3) is 20.8 Å². The summed E-state index contributed by atoms with van der Waals surface area (Å²) >= 11 is 1.60. The van der Waals surface area contributed by atoms with Gasteiger partial charge < -0.3 is 5.32 Å². The van der Waals surface area contributed by atoms with E-state index in [-0.39, 0.29) is 30.6 Å². The molecule has 0 atom stereocenters. The number of rotatable bonds is 4. The molecule has 6 nitrogen and oxygen atoms in total. The molecule has 5 rings (SSSR count). The third-order valence-corrected chi connectivity index (χ3v) is 6.16. The van der Waals surface area contributed by atoms with Crippen LogP contribution < -0.4 is 10.2 Å². The lowest BCUT2D eigenvalue weighted by Gasteiger charge is -2.15.